The molecule has 78 valence electrons. The summed E-state index contributed by atoms with van der Waals surface area (Å²) in [6.45, 7) is 0.951. The fraction of sp³-hybridized carbons (Fsp3) is 0.444. The molecule has 2 aromatic rings. The van der Waals surface area contributed by atoms with Gasteiger partial charge >= 0.3 is 0 Å². The third kappa shape index (κ3) is 1.38. The summed E-state index contributed by atoms with van der Waals surface area (Å²) in [5, 5.41) is 0. The maximum absolute atomic E-state index is 5.71. The molecule has 4 N–H and O–H groups in total. The van der Waals surface area contributed by atoms with Gasteiger partial charge in [-0.3, -0.25) is 0 Å². The Kier molecular flexibility index (Phi) is 1.59. The molecule has 6 heteroatoms. The predicted molar refractivity (Wildman–Crippen MR) is 56.9 cm³/mol. The number of nitrogens with two attached hydrogens (primary N) is 2. The summed E-state index contributed by atoms with van der Waals surface area (Å²) in [5.74, 6) is 1.32. The Morgan fingerprint density at radius 1 is 1.33 bits per heavy atom. The number of imidazole rings is 1. The minimum absolute atomic E-state index is 0.206. The van der Waals surface area contributed by atoms with E-state index < -0.39 is 0 Å². The summed E-state index contributed by atoms with van der Waals surface area (Å²) >= 11 is 0. The summed E-state index contributed by atoms with van der Waals surface area (Å²) in [5.41, 5.74) is 12.7. The van der Waals surface area contributed by atoms with Crippen LogP contribution in [-0.4, -0.2) is 19.5 Å². The van der Waals surface area contributed by atoms with E-state index in [1.807, 2.05) is 4.57 Å². The van der Waals surface area contributed by atoms with E-state index in [0.29, 0.717) is 11.3 Å². The highest BCUT2D eigenvalue weighted by Crippen LogP contribution is 2.31. The van der Waals surface area contributed by atoms with Crippen LogP contribution in [0.4, 0.5) is 11.8 Å². The van der Waals surface area contributed by atoms with Gasteiger partial charge < -0.3 is 16.0 Å². The minimum atomic E-state index is 0.206. The van der Waals surface area contributed by atoms with Gasteiger partial charge in [0.15, 0.2) is 11.5 Å². The molecule has 1 saturated carbocycles. The number of fused-ring (bicyclic) bond motifs is 1. The monoisotopic (exact) mass is 204 g/mol. The molecule has 0 bridgehead atoms. The Bertz CT molecular complexity index is 513. The highest BCUT2D eigenvalue weighted by molar-refractivity contribution is 5.82. The van der Waals surface area contributed by atoms with Crippen LogP contribution in [0.5, 0.6) is 0 Å². The van der Waals surface area contributed by atoms with Crippen molar-refractivity contribution in [3.63, 3.8) is 0 Å². The molecule has 0 amide bonds. The quantitative estimate of drug-likeness (QED) is 0.738. The molecule has 0 unspecified atom stereocenters. The fourth-order valence-electron chi connectivity index (χ4n) is 1.70. The number of hydrogen-bond donors (Lipinski definition) is 2. The van der Waals surface area contributed by atoms with Crippen LogP contribution in [0.25, 0.3) is 11.2 Å². The van der Waals surface area contributed by atoms with Crippen LogP contribution >= 0.6 is 0 Å². The van der Waals surface area contributed by atoms with Gasteiger partial charge in [-0.25, -0.2) is 4.98 Å². The van der Waals surface area contributed by atoms with Crippen molar-refractivity contribution in [3.8, 4) is 0 Å². The van der Waals surface area contributed by atoms with Crippen molar-refractivity contribution < 1.29 is 0 Å². The van der Waals surface area contributed by atoms with Gasteiger partial charge in [-0.05, 0) is 18.8 Å². The van der Waals surface area contributed by atoms with Crippen LogP contribution in [0.3, 0.4) is 0 Å². The Morgan fingerprint density at radius 3 is 2.87 bits per heavy atom. The van der Waals surface area contributed by atoms with E-state index in [1.54, 1.807) is 6.33 Å². The van der Waals surface area contributed by atoms with Crippen LogP contribution in [-0.2, 0) is 6.54 Å². The first-order valence-electron chi connectivity index (χ1n) is 4.98. The predicted octanol–water partition coefficient (Wildman–Crippen LogP) is 0.401. The van der Waals surface area contributed by atoms with E-state index in [2.05, 4.69) is 15.0 Å². The molecule has 3 rings (SSSR count). The van der Waals surface area contributed by atoms with E-state index in [0.717, 1.165) is 18.1 Å². The molecular weight excluding hydrogens is 192 g/mol. The first kappa shape index (κ1) is 8.46. The molecule has 0 saturated heterocycles. The lowest BCUT2D eigenvalue weighted by Gasteiger charge is -2.02. The van der Waals surface area contributed by atoms with Crippen molar-refractivity contribution in [2.24, 2.45) is 5.92 Å². The number of nitrogens with zero attached hydrogens (tertiary/aromatic N) is 4. The second-order valence-corrected chi connectivity index (χ2v) is 3.98. The molecule has 15 heavy (non-hydrogen) atoms. The highest BCUT2D eigenvalue weighted by atomic mass is 15.2. The molecule has 6 nitrogen and oxygen atoms in total. The summed E-state index contributed by atoms with van der Waals surface area (Å²) < 4.78 is 2.00. The first-order valence-corrected chi connectivity index (χ1v) is 4.98. The Morgan fingerprint density at radius 2 is 2.13 bits per heavy atom. The van der Waals surface area contributed by atoms with E-state index in [1.165, 1.54) is 12.8 Å². The third-order valence-electron chi connectivity index (χ3n) is 2.66. The largest absolute Gasteiger partial charge is 0.382 e. The molecule has 0 aromatic carbocycles. The maximum Gasteiger partial charge on any atom is 0.224 e. The van der Waals surface area contributed by atoms with Crippen LogP contribution in [0.2, 0.25) is 0 Å². The zero-order valence-electron chi connectivity index (χ0n) is 8.22. The maximum atomic E-state index is 5.71. The molecule has 0 spiro atoms. The van der Waals surface area contributed by atoms with Gasteiger partial charge in [-0.15, -0.1) is 0 Å². The number of aromatic nitrogens is 4. The number of anilines is 2. The van der Waals surface area contributed by atoms with Crippen LogP contribution in [0.1, 0.15) is 12.8 Å². The van der Waals surface area contributed by atoms with Crippen molar-refractivity contribution in [1.29, 1.82) is 0 Å². The second-order valence-electron chi connectivity index (χ2n) is 3.98. The summed E-state index contributed by atoms with van der Waals surface area (Å²) in [7, 11) is 0. The molecule has 1 aliphatic carbocycles. The van der Waals surface area contributed by atoms with Crippen molar-refractivity contribution in [2.75, 3.05) is 11.5 Å². The standard InChI is InChI=1S/C9H12N6/c10-7-6-8(14-9(11)13-7)15(4-12-6)3-5-1-2-5/h4-5H,1-3H2,(H4,10,11,13,14). The molecular formula is C9H12N6. The summed E-state index contributed by atoms with van der Waals surface area (Å²) in [4.78, 5) is 12.2. The molecule has 2 heterocycles. The van der Waals surface area contributed by atoms with Gasteiger partial charge in [-0.1, -0.05) is 0 Å². The number of nitrogen functional groups attached to an aromatic ring is 2. The average molecular weight is 204 g/mol. The molecule has 1 aliphatic rings. The van der Waals surface area contributed by atoms with Crippen LogP contribution in [0.15, 0.2) is 6.33 Å². The molecule has 0 radical (unpaired) electrons. The van der Waals surface area contributed by atoms with E-state index in [-0.39, 0.29) is 5.95 Å². The fourth-order valence-corrected chi connectivity index (χ4v) is 1.70. The lowest BCUT2D eigenvalue weighted by Crippen LogP contribution is -2.04. The Hall–Kier alpha value is -1.85. The van der Waals surface area contributed by atoms with Gasteiger partial charge in [0.05, 0.1) is 6.33 Å². The normalized spacial score (nSPS) is 16.0. The second kappa shape index (κ2) is 2.82. The lowest BCUT2D eigenvalue weighted by molar-refractivity contribution is 0.638. The van der Waals surface area contributed by atoms with Gasteiger partial charge in [0.2, 0.25) is 5.95 Å². The van der Waals surface area contributed by atoms with E-state index >= 15 is 0 Å². The van der Waals surface area contributed by atoms with E-state index in [4.69, 9.17) is 11.5 Å². The average Bonchev–Trinajstić information content (AvgIpc) is 2.89. The number of rotatable bonds is 2. The summed E-state index contributed by atoms with van der Waals surface area (Å²) in [6.07, 6.45) is 4.33. The summed E-state index contributed by atoms with van der Waals surface area (Å²) in [6, 6.07) is 0. The van der Waals surface area contributed by atoms with Gasteiger partial charge in [0.1, 0.15) is 5.52 Å². The Labute approximate surface area is 86.3 Å². The number of hydrogen-bond acceptors (Lipinski definition) is 5. The van der Waals surface area contributed by atoms with E-state index in [9.17, 15) is 0 Å². The molecule has 0 atom stereocenters. The van der Waals surface area contributed by atoms with Crippen LogP contribution in [0, 0.1) is 5.92 Å². The topological polar surface area (TPSA) is 95.6 Å². The van der Waals surface area contributed by atoms with Crippen LogP contribution < -0.4 is 11.5 Å². The molecule has 2 aromatic heterocycles. The van der Waals surface area contributed by atoms with Crippen molar-refractivity contribution >= 4 is 22.9 Å². The van der Waals surface area contributed by atoms with Gasteiger partial charge in [0.25, 0.3) is 0 Å². The smallest absolute Gasteiger partial charge is 0.224 e. The molecule has 0 aliphatic heterocycles. The van der Waals surface area contributed by atoms with Crippen molar-refractivity contribution in [1.82, 2.24) is 19.5 Å². The zero-order valence-corrected chi connectivity index (χ0v) is 8.22. The highest BCUT2D eigenvalue weighted by Gasteiger charge is 2.23. The van der Waals surface area contributed by atoms with Crippen molar-refractivity contribution in [3.05, 3.63) is 6.33 Å². The zero-order chi connectivity index (χ0) is 10.4. The SMILES string of the molecule is Nc1nc(N)c2ncn(CC3CC3)c2n1. The van der Waals surface area contributed by atoms with Gasteiger partial charge in [-0.2, -0.15) is 9.97 Å². The first-order chi connectivity index (χ1) is 7.24. The minimum Gasteiger partial charge on any atom is -0.382 e. The third-order valence-corrected chi connectivity index (χ3v) is 2.66. The van der Waals surface area contributed by atoms with Gasteiger partial charge in [0, 0.05) is 6.54 Å². The van der Waals surface area contributed by atoms with Crippen molar-refractivity contribution in [2.45, 2.75) is 19.4 Å². The molecule has 1 fully saturated rings. The lowest BCUT2D eigenvalue weighted by atomic mass is 10.4. The Balaban J connectivity index is 2.14.